The Balaban J connectivity index is 1.80. The topological polar surface area (TPSA) is 63.9 Å². The molecule has 2 aliphatic rings. The van der Waals surface area contributed by atoms with Crippen LogP contribution in [0.1, 0.15) is 45.4 Å². The van der Waals surface area contributed by atoms with Crippen molar-refractivity contribution in [2.75, 3.05) is 13.1 Å². The second-order valence-corrected chi connectivity index (χ2v) is 6.08. The zero-order valence-electron chi connectivity index (χ0n) is 11.3. The van der Waals surface area contributed by atoms with Gasteiger partial charge < -0.3 is 15.3 Å². The minimum atomic E-state index is -0.995. The van der Waals surface area contributed by atoms with Crippen LogP contribution in [-0.2, 0) is 0 Å². The molecule has 0 radical (unpaired) electrons. The third-order valence-corrected chi connectivity index (χ3v) is 4.79. The number of hydrogen-bond donors (Lipinski definition) is 3. The first-order chi connectivity index (χ1) is 8.59. The van der Waals surface area contributed by atoms with Crippen LogP contribution in [0.3, 0.4) is 0 Å². The number of likely N-dealkylation sites (tertiary alicyclic amines) is 1. The lowest BCUT2D eigenvalue weighted by Crippen LogP contribution is -2.60. The summed E-state index contributed by atoms with van der Waals surface area (Å²) < 4.78 is 0. The smallest absolute Gasteiger partial charge is 0.108 e. The molecule has 0 aromatic carbocycles. The Morgan fingerprint density at radius 2 is 1.67 bits per heavy atom. The fourth-order valence-corrected chi connectivity index (χ4v) is 3.36. The Hall–Kier alpha value is -0.160. The molecule has 0 unspecified atom stereocenters. The Bertz CT molecular complexity index is 255. The van der Waals surface area contributed by atoms with E-state index in [2.05, 4.69) is 4.90 Å². The van der Waals surface area contributed by atoms with Crippen LogP contribution in [0.5, 0.6) is 0 Å². The molecule has 1 aliphatic carbocycles. The summed E-state index contributed by atoms with van der Waals surface area (Å²) in [5.74, 6) is 0.812. The van der Waals surface area contributed by atoms with Gasteiger partial charge in [0.1, 0.15) is 6.10 Å². The van der Waals surface area contributed by atoms with Crippen LogP contribution in [0.25, 0.3) is 0 Å². The highest BCUT2D eigenvalue weighted by Gasteiger charge is 2.38. The molecular weight excluding hydrogens is 230 g/mol. The average molecular weight is 257 g/mol. The summed E-state index contributed by atoms with van der Waals surface area (Å²) in [7, 11) is 0. The van der Waals surface area contributed by atoms with Crippen LogP contribution < -0.4 is 0 Å². The molecule has 0 aromatic rings. The van der Waals surface area contributed by atoms with Gasteiger partial charge in [-0.05, 0) is 25.8 Å². The lowest BCUT2D eigenvalue weighted by molar-refractivity contribution is -0.133. The highest BCUT2D eigenvalue weighted by Crippen LogP contribution is 2.27. The SMILES string of the molecule is C[C@@H]1[C@@H](O)[C@H](O)[C@@H](O)CN1CCC1CCCCC1. The number of aliphatic hydroxyl groups is 3. The number of hydrogen-bond acceptors (Lipinski definition) is 4. The summed E-state index contributed by atoms with van der Waals surface area (Å²) in [6, 6.07) is -0.0630. The van der Waals surface area contributed by atoms with Crippen molar-refractivity contribution in [3.05, 3.63) is 0 Å². The maximum Gasteiger partial charge on any atom is 0.108 e. The zero-order valence-corrected chi connectivity index (χ0v) is 11.3. The number of aliphatic hydroxyl groups excluding tert-OH is 3. The van der Waals surface area contributed by atoms with E-state index in [4.69, 9.17) is 0 Å². The van der Waals surface area contributed by atoms with Crippen molar-refractivity contribution < 1.29 is 15.3 Å². The summed E-state index contributed by atoms with van der Waals surface area (Å²) in [6.07, 6.45) is 5.24. The zero-order chi connectivity index (χ0) is 13.1. The first-order valence-corrected chi connectivity index (χ1v) is 7.38. The molecule has 1 heterocycles. The van der Waals surface area contributed by atoms with Crippen molar-refractivity contribution in [3.63, 3.8) is 0 Å². The van der Waals surface area contributed by atoms with E-state index in [1.54, 1.807) is 0 Å². The molecule has 4 atom stereocenters. The van der Waals surface area contributed by atoms with Crippen LogP contribution in [0.4, 0.5) is 0 Å². The van der Waals surface area contributed by atoms with E-state index in [1.165, 1.54) is 32.1 Å². The molecule has 2 rings (SSSR count). The van der Waals surface area contributed by atoms with E-state index in [9.17, 15) is 15.3 Å². The van der Waals surface area contributed by atoms with Crippen LogP contribution in [-0.4, -0.2) is 57.7 Å². The van der Waals surface area contributed by atoms with E-state index in [0.717, 1.165) is 18.9 Å². The molecular formula is C14H27NO3. The fraction of sp³-hybridized carbons (Fsp3) is 1.00. The van der Waals surface area contributed by atoms with Gasteiger partial charge in [-0.2, -0.15) is 0 Å². The van der Waals surface area contributed by atoms with Gasteiger partial charge in [0, 0.05) is 12.6 Å². The Morgan fingerprint density at radius 1 is 1.00 bits per heavy atom. The summed E-state index contributed by atoms with van der Waals surface area (Å²) in [5.41, 5.74) is 0. The molecule has 0 bridgehead atoms. The Kier molecular flexibility index (Phi) is 5.01. The molecule has 4 nitrogen and oxygen atoms in total. The lowest BCUT2D eigenvalue weighted by atomic mass is 9.86. The van der Waals surface area contributed by atoms with E-state index < -0.39 is 18.3 Å². The van der Waals surface area contributed by atoms with Gasteiger partial charge in [-0.1, -0.05) is 32.1 Å². The van der Waals surface area contributed by atoms with Crippen LogP contribution in [0, 0.1) is 5.92 Å². The summed E-state index contributed by atoms with van der Waals surface area (Å²) >= 11 is 0. The molecule has 2 fully saturated rings. The molecule has 4 heteroatoms. The maximum atomic E-state index is 9.87. The summed E-state index contributed by atoms with van der Waals surface area (Å²) in [4.78, 5) is 2.12. The first kappa shape index (κ1) is 14.3. The van der Waals surface area contributed by atoms with Crippen molar-refractivity contribution in [1.29, 1.82) is 0 Å². The van der Waals surface area contributed by atoms with E-state index >= 15 is 0 Å². The highest BCUT2D eigenvalue weighted by molar-refractivity contribution is 4.92. The number of β-amino-alcohol motifs (C(OH)–C–C–N with tert-alkyl or cyclic N) is 1. The predicted octanol–water partition coefficient (Wildman–Crippen LogP) is 0.744. The quantitative estimate of drug-likeness (QED) is 0.698. The molecule has 1 saturated carbocycles. The molecule has 0 aromatic heterocycles. The van der Waals surface area contributed by atoms with Gasteiger partial charge in [-0.25, -0.2) is 0 Å². The average Bonchev–Trinajstić information content (AvgIpc) is 2.40. The van der Waals surface area contributed by atoms with Gasteiger partial charge in [-0.3, -0.25) is 4.90 Å². The van der Waals surface area contributed by atoms with Gasteiger partial charge >= 0.3 is 0 Å². The molecule has 3 N–H and O–H groups in total. The lowest BCUT2D eigenvalue weighted by Gasteiger charge is -2.42. The second kappa shape index (κ2) is 6.33. The molecule has 106 valence electrons. The minimum absolute atomic E-state index is 0.0630. The molecule has 0 amide bonds. The van der Waals surface area contributed by atoms with Gasteiger partial charge in [0.05, 0.1) is 12.2 Å². The third-order valence-electron chi connectivity index (χ3n) is 4.79. The first-order valence-electron chi connectivity index (χ1n) is 7.38. The van der Waals surface area contributed by atoms with E-state index in [-0.39, 0.29) is 6.04 Å². The van der Waals surface area contributed by atoms with Gasteiger partial charge in [-0.15, -0.1) is 0 Å². The predicted molar refractivity (Wildman–Crippen MR) is 70.2 cm³/mol. The van der Waals surface area contributed by atoms with Gasteiger partial charge in [0.2, 0.25) is 0 Å². The van der Waals surface area contributed by atoms with Gasteiger partial charge in [0.15, 0.2) is 0 Å². The van der Waals surface area contributed by atoms with Crippen molar-refractivity contribution in [2.45, 2.75) is 69.8 Å². The fourth-order valence-electron chi connectivity index (χ4n) is 3.36. The second-order valence-electron chi connectivity index (χ2n) is 6.08. The van der Waals surface area contributed by atoms with E-state index in [1.807, 2.05) is 6.92 Å². The highest BCUT2D eigenvalue weighted by atomic mass is 16.4. The Morgan fingerprint density at radius 3 is 2.33 bits per heavy atom. The monoisotopic (exact) mass is 257 g/mol. The van der Waals surface area contributed by atoms with Crippen molar-refractivity contribution in [1.82, 2.24) is 4.90 Å². The molecule has 0 spiro atoms. The largest absolute Gasteiger partial charge is 0.389 e. The van der Waals surface area contributed by atoms with Crippen molar-refractivity contribution in [2.24, 2.45) is 5.92 Å². The van der Waals surface area contributed by atoms with Crippen LogP contribution in [0.15, 0.2) is 0 Å². The molecule has 1 saturated heterocycles. The standard InChI is InChI=1S/C14H27NO3/c1-10-13(17)14(18)12(16)9-15(10)8-7-11-5-3-2-4-6-11/h10-14,16-18H,2-9H2,1H3/t10-,12+,13-,14-/m1/s1. The Labute approximate surface area is 110 Å². The maximum absolute atomic E-state index is 9.87. The number of nitrogens with zero attached hydrogens (tertiary/aromatic N) is 1. The number of piperidine rings is 1. The van der Waals surface area contributed by atoms with Gasteiger partial charge in [0.25, 0.3) is 0 Å². The normalized spacial score (nSPS) is 40.0. The minimum Gasteiger partial charge on any atom is -0.389 e. The van der Waals surface area contributed by atoms with E-state index in [0.29, 0.717) is 6.54 Å². The van der Waals surface area contributed by atoms with Crippen LogP contribution >= 0.6 is 0 Å². The third kappa shape index (κ3) is 3.23. The van der Waals surface area contributed by atoms with Crippen molar-refractivity contribution >= 4 is 0 Å². The molecule has 18 heavy (non-hydrogen) atoms. The van der Waals surface area contributed by atoms with Crippen LogP contribution in [0.2, 0.25) is 0 Å². The number of rotatable bonds is 3. The van der Waals surface area contributed by atoms with Crippen molar-refractivity contribution in [3.8, 4) is 0 Å². The summed E-state index contributed by atoms with van der Waals surface area (Å²) in [6.45, 7) is 3.33. The molecule has 1 aliphatic heterocycles. The summed E-state index contributed by atoms with van der Waals surface area (Å²) in [5, 5.41) is 29.2.